The number of benzene rings is 1. The molecule has 5 nitrogen and oxygen atoms in total. The highest BCUT2D eigenvalue weighted by Gasteiger charge is 2.49. The summed E-state index contributed by atoms with van der Waals surface area (Å²) in [5.41, 5.74) is 0.628. The van der Waals surface area contributed by atoms with Gasteiger partial charge in [0.15, 0.2) is 5.78 Å². The Bertz CT molecular complexity index is 825. The topological polar surface area (TPSA) is 66.5 Å². The third-order valence-corrected chi connectivity index (χ3v) is 5.26. The first-order valence-electron chi connectivity index (χ1n) is 7.62. The molecule has 0 radical (unpaired) electrons. The number of Topliss-reactive ketones (excluding diaryl/α,β-unsaturated/α-hetero) is 1. The molecule has 0 spiro atoms. The summed E-state index contributed by atoms with van der Waals surface area (Å²) in [4.78, 5) is 39.9. The summed E-state index contributed by atoms with van der Waals surface area (Å²) in [7, 11) is 0. The fourth-order valence-corrected chi connectivity index (χ4v) is 3.53. The fourth-order valence-electron chi connectivity index (χ4n) is 2.73. The van der Waals surface area contributed by atoms with Crippen LogP contribution in [0.3, 0.4) is 0 Å². The third-order valence-electron chi connectivity index (χ3n) is 4.22. The van der Waals surface area contributed by atoms with Gasteiger partial charge in [0.05, 0.1) is 11.4 Å². The summed E-state index contributed by atoms with van der Waals surface area (Å²) in [5.74, 6) is -0.636. The molecule has 3 amide bonds. The maximum absolute atomic E-state index is 12.8. The van der Waals surface area contributed by atoms with Crippen LogP contribution in [0.5, 0.6) is 0 Å². The van der Waals surface area contributed by atoms with Crippen LogP contribution in [0.15, 0.2) is 36.4 Å². The van der Waals surface area contributed by atoms with Crippen molar-refractivity contribution in [2.45, 2.75) is 26.3 Å². The summed E-state index contributed by atoms with van der Waals surface area (Å²) < 4.78 is 0. The Labute approximate surface area is 144 Å². The molecule has 2 aromatic rings. The number of thiophene rings is 1. The average molecular weight is 342 g/mol. The van der Waals surface area contributed by atoms with Gasteiger partial charge in [-0.3, -0.25) is 14.5 Å². The quantitative estimate of drug-likeness (QED) is 0.686. The standard InChI is InChI=1S/C18H18N2O3S/c1-11-4-7-13(8-5-11)18(3)16(22)20(17(23)19-18)10-14(21)15-9-6-12(2)24-15/h4-9H,10H2,1-3H3,(H,19,23). The first-order valence-corrected chi connectivity index (χ1v) is 8.44. The van der Waals surface area contributed by atoms with E-state index in [1.165, 1.54) is 11.3 Å². The number of ketones is 1. The molecule has 6 heteroatoms. The number of carbonyl (C=O) groups is 3. The van der Waals surface area contributed by atoms with Gasteiger partial charge in [0.2, 0.25) is 0 Å². The molecule has 0 saturated carbocycles. The summed E-state index contributed by atoms with van der Waals surface area (Å²) in [6, 6.07) is 10.5. The minimum atomic E-state index is -1.14. The van der Waals surface area contributed by atoms with Crippen LogP contribution in [-0.4, -0.2) is 29.2 Å². The summed E-state index contributed by atoms with van der Waals surface area (Å²) in [6.45, 7) is 5.28. The zero-order valence-electron chi connectivity index (χ0n) is 13.8. The number of hydrogen-bond acceptors (Lipinski definition) is 4. The van der Waals surface area contributed by atoms with Gasteiger partial charge in [0, 0.05) is 4.88 Å². The second-order valence-corrected chi connectivity index (χ2v) is 7.43. The Kier molecular flexibility index (Phi) is 4.01. The molecule has 3 rings (SSSR count). The average Bonchev–Trinajstić information content (AvgIpc) is 3.06. The smallest absolute Gasteiger partial charge is 0.319 e. The minimum Gasteiger partial charge on any atom is -0.319 e. The van der Waals surface area contributed by atoms with Crippen molar-refractivity contribution in [1.29, 1.82) is 0 Å². The van der Waals surface area contributed by atoms with Crippen molar-refractivity contribution in [3.63, 3.8) is 0 Å². The SMILES string of the molecule is Cc1ccc(C2(C)NC(=O)N(CC(=O)c3ccc(C)s3)C2=O)cc1. The van der Waals surface area contributed by atoms with Crippen molar-refractivity contribution in [3.05, 3.63) is 57.3 Å². The van der Waals surface area contributed by atoms with Crippen LogP contribution < -0.4 is 5.32 Å². The highest BCUT2D eigenvalue weighted by molar-refractivity contribution is 7.14. The van der Waals surface area contributed by atoms with Crippen LogP contribution in [0.25, 0.3) is 0 Å². The van der Waals surface area contributed by atoms with Crippen molar-refractivity contribution in [2.24, 2.45) is 0 Å². The number of amides is 3. The predicted octanol–water partition coefficient (Wildman–Crippen LogP) is 3.01. The monoisotopic (exact) mass is 342 g/mol. The molecule has 1 N–H and O–H groups in total. The van der Waals surface area contributed by atoms with E-state index in [1.54, 1.807) is 13.0 Å². The summed E-state index contributed by atoms with van der Waals surface area (Å²) in [5, 5.41) is 2.72. The lowest BCUT2D eigenvalue weighted by atomic mass is 9.91. The maximum atomic E-state index is 12.8. The summed E-state index contributed by atoms with van der Waals surface area (Å²) in [6.07, 6.45) is 0. The van der Waals surface area contributed by atoms with E-state index in [9.17, 15) is 14.4 Å². The molecule has 1 aromatic carbocycles. The van der Waals surface area contributed by atoms with Crippen LogP contribution in [-0.2, 0) is 10.3 Å². The van der Waals surface area contributed by atoms with E-state index in [0.717, 1.165) is 15.3 Å². The molecule has 1 atom stereocenters. The molecule has 24 heavy (non-hydrogen) atoms. The van der Waals surface area contributed by atoms with E-state index in [-0.39, 0.29) is 12.3 Å². The molecular formula is C18H18N2O3S. The molecule has 0 bridgehead atoms. The van der Waals surface area contributed by atoms with Crippen LogP contribution >= 0.6 is 11.3 Å². The van der Waals surface area contributed by atoms with Crippen molar-refractivity contribution in [1.82, 2.24) is 10.2 Å². The molecule has 1 saturated heterocycles. The summed E-state index contributed by atoms with van der Waals surface area (Å²) >= 11 is 1.36. The Balaban J connectivity index is 1.83. The molecule has 2 heterocycles. The predicted molar refractivity (Wildman–Crippen MR) is 92.2 cm³/mol. The van der Waals surface area contributed by atoms with Crippen LogP contribution in [0, 0.1) is 13.8 Å². The van der Waals surface area contributed by atoms with Crippen LogP contribution in [0.2, 0.25) is 0 Å². The lowest BCUT2D eigenvalue weighted by Gasteiger charge is -2.22. The Morgan fingerprint density at radius 3 is 2.38 bits per heavy atom. The van der Waals surface area contributed by atoms with Gasteiger partial charge in [-0.05, 0) is 38.5 Å². The molecule has 124 valence electrons. The molecule has 0 aliphatic carbocycles. The number of urea groups is 1. The molecular weight excluding hydrogens is 324 g/mol. The maximum Gasteiger partial charge on any atom is 0.325 e. The zero-order valence-corrected chi connectivity index (χ0v) is 14.6. The van der Waals surface area contributed by atoms with Gasteiger partial charge in [-0.25, -0.2) is 4.79 Å². The number of imide groups is 1. The second-order valence-electron chi connectivity index (χ2n) is 6.15. The molecule has 1 aliphatic rings. The van der Waals surface area contributed by atoms with E-state index in [4.69, 9.17) is 0 Å². The number of nitrogens with one attached hydrogen (secondary N) is 1. The van der Waals surface area contributed by atoms with E-state index >= 15 is 0 Å². The molecule has 1 unspecified atom stereocenters. The largest absolute Gasteiger partial charge is 0.325 e. The van der Waals surface area contributed by atoms with Gasteiger partial charge in [0.1, 0.15) is 5.54 Å². The van der Waals surface area contributed by atoms with E-state index < -0.39 is 17.5 Å². The Morgan fingerprint density at radius 1 is 1.12 bits per heavy atom. The van der Waals surface area contributed by atoms with Gasteiger partial charge in [-0.1, -0.05) is 29.8 Å². The van der Waals surface area contributed by atoms with Crippen molar-refractivity contribution >= 4 is 29.1 Å². The second kappa shape index (κ2) is 5.87. The first kappa shape index (κ1) is 16.4. The molecule has 1 aliphatic heterocycles. The van der Waals surface area contributed by atoms with Crippen LogP contribution in [0.4, 0.5) is 4.79 Å². The molecule has 1 aromatic heterocycles. The van der Waals surface area contributed by atoms with Gasteiger partial charge < -0.3 is 5.32 Å². The van der Waals surface area contributed by atoms with Crippen LogP contribution in [0.1, 0.15) is 32.6 Å². The van der Waals surface area contributed by atoms with E-state index in [0.29, 0.717) is 10.4 Å². The van der Waals surface area contributed by atoms with Gasteiger partial charge in [-0.15, -0.1) is 11.3 Å². The molecule has 1 fully saturated rings. The van der Waals surface area contributed by atoms with Crippen molar-refractivity contribution in [2.75, 3.05) is 6.54 Å². The number of carbonyl (C=O) groups excluding carboxylic acids is 3. The van der Waals surface area contributed by atoms with Gasteiger partial charge >= 0.3 is 6.03 Å². The van der Waals surface area contributed by atoms with E-state index in [1.807, 2.05) is 44.2 Å². The lowest BCUT2D eigenvalue weighted by molar-refractivity contribution is -0.130. The number of hydrogen-bond donors (Lipinski definition) is 1. The van der Waals surface area contributed by atoms with Gasteiger partial charge in [-0.2, -0.15) is 0 Å². The minimum absolute atomic E-state index is 0.232. The number of aryl methyl sites for hydroxylation is 2. The van der Waals surface area contributed by atoms with Crippen molar-refractivity contribution in [3.8, 4) is 0 Å². The fraction of sp³-hybridized carbons (Fsp3) is 0.278. The zero-order chi connectivity index (χ0) is 17.5. The normalized spacial score (nSPS) is 20.4. The first-order chi connectivity index (χ1) is 11.3. The number of rotatable bonds is 4. The highest BCUT2D eigenvalue weighted by Crippen LogP contribution is 2.29. The Morgan fingerprint density at radius 2 is 1.79 bits per heavy atom. The van der Waals surface area contributed by atoms with Crippen molar-refractivity contribution < 1.29 is 14.4 Å². The lowest BCUT2D eigenvalue weighted by Crippen LogP contribution is -2.41. The highest BCUT2D eigenvalue weighted by atomic mass is 32.1. The van der Waals surface area contributed by atoms with Gasteiger partial charge in [0.25, 0.3) is 5.91 Å². The Hall–Kier alpha value is -2.47. The third kappa shape index (κ3) is 2.73. The number of nitrogens with zero attached hydrogens (tertiary/aromatic N) is 1. The van der Waals surface area contributed by atoms with E-state index in [2.05, 4.69) is 5.32 Å².